The molecule has 0 unspecified atom stereocenters. The van der Waals surface area contributed by atoms with Crippen LogP contribution in [0.3, 0.4) is 0 Å². The molecule has 1 aliphatic heterocycles. The second kappa shape index (κ2) is 11.3. The van der Waals surface area contributed by atoms with E-state index in [9.17, 15) is 18.3 Å². The Labute approximate surface area is 210 Å². The van der Waals surface area contributed by atoms with Crippen LogP contribution in [0.1, 0.15) is 49.9 Å². The molecule has 0 bridgehead atoms. The van der Waals surface area contributed by atoms with Crippen LogP contribution in [-0.2, 0) is 25.4 Å². The van der Waals surface area contributed by atoms with Crippen molar-refractivity contribution in [1.29, 1.82) is 0 Å². The van der Waals surface area contributed by atoms with Crippen LogP contribution in [-0.4, -0.2) is 29.3 Å². The SMILES string of the molecule is CCN(C/C=C/C#CC(C)(C)C)Cc1cccc(OCc2cc(CO)cc(C3(C(F)(F)F)N=N3)c2)c1. The second-order valence-electron chi connectivity index (χ2n) is 9.75. The van der Waals surface area contributed by atoms with Gasteiger partial charge in [-0.2, -0.15) is 13.2 Å². The zero-order valence-electron chi connectivity index (χ0n) is 21.1. The molecule has 2 aromatic carbocycles. The molecule has 0 spiro atoms. The van der Waals surface area contributed by atoms with E-state index in [1.807, 2.05) is 30.4 Å². The summed E-state index contributed by atoms with van der Waals surface area (Å²) in [6.07, 6.45) is -0.708. The number of halogens is 3. The number of nitrogens with zero attached hydrogens (tertiary/aromatic N) is 3. The average Bonchev–Trinajstić information content (AvgIpc) is 3.63. The first-order chi connectivity index (χ1) is 17.0. The third kappa shape index (κ3) is 7.42. The maximum atomic E-state index is 13.4. The number of alkyl halides is 3. The van der Waals surface area contributed by atoms with E-state index >= 15 is 0 Å². The summed E-state index contributed by atoms with van der Waals surface area (Å²) in [5.74, 6) is 6.86. The smallest absolute Gasteiger partial charge is 0.442 e. The van der Waals surface area contributed by atoms with Crippen molar-refractivity contribution in [1.82, 2.24) is 4.90 Å². The van der Waals surface area contributed by atoms with Gasteiger partial charge in [0.25, 0.3) is 0 Å². The van der Waals surface area contributed by atoms with E-state index in [0.29, 0.717) is 23.4 Å². The lowest BCUT2D eigenvalue weighted by atomic mass is 9.97. The molecule has 192 valence electrons. The standard InChI is InChI=1S/C28H32F3N3O2/c1-5-34(13-8-6-7-12-26(2,3)4)18-21-10-9-11-25(17-21)36-20-23-14-22(19-35)15-24(16-23)27(32-33-27)28(29,30)31/h6,8-11,14-17,35H,5,13,18-20H2,1-4H3/b8-6+. The van der Waals surface area contributed by atoms with Gasteiger partial charge in [0.1, 0.15) is 12.4 Å². The minimum Gasteiger partial charge on any atom is -0.489 e. The lowest BCUT2D eigenvalue weighted by molar-refractivity contribution is -0.166. The average molecular weight is 500 g/mol. The largest absolute Gasteiger partial charge is 0.489 e. The predicted octanol–water partition coefficient (Wildman–Crippen LogP) is 6.37. The molecule has 1 aliphatic rings. The van der Waals surface area contributed by atoms with Crippen LogP contribution in [0.25, 0.3) is 0 Å². The van der Waals surface area contributed by atoms with E-state index < -0.39 is 18.4 Å². The minimum atomic E-state index is -4.63. The predicted molar refractivity (Wildman–Crippen MR) is 133 cm³/mol. The Kier molecular flexibility index (Phi) is 8.59. The molecule has 1 N–H and O–H groups in total. The van der Waals surface area contributed by atoms with Gasteiger partial charge in [0.2, 0.25) is 0 Å². The number of aliphatic hydroxyl groups is 1. The number of benzene rings is 2. The number of ether oxygens (including phenoxy) is 1. The van der Waals surface area contributed by atoms with Crippen molar-refractivity contribution < 1.29 is 23.0 Å². The molecule has 2 aromatic rings. The third-order valence-corrected chi connectivity index (χ3v) is 5.50. The van der Waals surface area contributed by atoms with Gasteiger partial charge in [0.15, 0.2) is 0 Å². The lowest BCUT2D eigenvalue weighted by Gasteiger charge is -2.19. The molecular formula is C28H32F3N3O2. The highest BCUT2D eigenvalue weighted by Crippen LogP contribution is 2.52. The highest BCUT2D eigenvalue weighted by Gasteiger charge is 2.65. The first-order valence-electron chi connectivity index (χ1n) is 11.8. The van der Waals surface area contributed by atoms with E-state index in [1.165, 1.54) is 12.1 Å². The van der Waals surface area contributed by atoms with Crippen LogP contribution in [0.15, 0.2) is 64.8 Å². The summed E-state index contributed by atoms with van der Waals surface area (Å²) in [5, 5.41) is 16.1. The van der Waals surface area contributed by atoms with E-state index in [1.54, 1.807) is 12.1 Å². The molecule has 0 aromatic heterocycles. The first-order valence-corrected chi connectivity index (χ1v) is 11.8. The van der Waals surface area contributed by atoms with E-state index in [0.717, 1.165) is 18.7 Å². The number of likely N-dealkylation sites (N-methyl/N-ethyl adjacent to an activating group) is 1. The second-order valence-corrected chi connectivity index (χ2v) is 9.75. The van der Waals surface area contributed by atoms with Gasteiger partial charge in [-0.1, -0.05) is 43.0 Å². The Bertz CT molecular complexity index is 1170. The number of hydrogen-bond acceptors (Lipinski definition) is 5. The number of rotatable bonds is 10. The Hall–Kier alpha value is -3.15. The monoisotopic (exact) mass is 499 g/mol. The third-order valence-electron chi connectivity index (χ3n) is 5.50. The molecule has 5 nitrogen and oxygen atoms in total. The van der Waals surface area contributed by atoms with Crippen molar-refractivity contribution in [2.24, 2.45) is 15.6 Å². The summed E-state index contributed by atoms with van der Waals surface area (Å²) in [4.78, 5) is 2.25. The van der Waals surface area contributed by atoms with Crippen molar-refractivity contribution >= 4 is 0 Å². The van der Waals surface area contributed by atoms with Gasteiger partial charge >= 0.3 is 11.8 Å². The molecular weight excluding hydrogens is 467 g/mol. The fourth-order valence-electron chi connectivity index (χ4n) is 3.56. The molecule has 0 aliphatic carbocycles. The summed E-state index contributed by atoms with van der Waals surface area (Å²) >= 11 is 0. The van der Waals surface area contributed by atoms with Gasteiger partial charge in [-0.25, -0.2) is 0 Å². The van der Waals surface area contributed by atoms with Crippen LogP contribution in [0.5, 0.6) is 5.75 Å². The molecule has 1 heterocycles. The summed E-state index contributed by atoms with van der Waals surface area (Å²) in [7, 11) is 0. The lowest BCUT2D eigenvalue weighted by Crippen LogP contribution is -2.30. The molecule has 0 saturated heterocycles. The molecule has 0 fully saturated rings. The molecule has 3 rings (SSSR count). The Morgan fingerprint density at radius 2 is 1.78 bits per heavy atom. The number of hydrogen-bond donors (Lipinski definition) is 1. The van der Waals surface area contributed by atoms with Crippen LogP contribution in [0.4, 0.5) is 13.2 Å². The van der Waals surface area contributed by atoms with Crippen molar-refractivity contribution in [3.05, 3.63) is 76.9 Å². The van der Waals surface area contributed by atoms with Crippen LogP contribution in [0, 0.1) is 17.3 Å². The number of allylic oxidation sites excluding steroid dienone is 1. The summed E-state index contributed by atoms with van der Waals surface area (Å²) in [5.41, 5.74) is -0.784. The summed E-state index contributed by atoms with van der Waals surface area (Å²) in [6, 6.07) is 11.9. The maximum absolute atomic E-state index is 13.4. The molecule has 0 saturated carbocycles. The Morgan fingerprint density at radius 3 is 2.39 bits per heavy atom. The number of aliphatic hydroxyl groups excluding tert-OH is 1. The quantitative estimate of drug-likeness (QED) is 0.387. The van der Waals surface area contributed by atoms with Gasteiger partial charge in [-0.3, -0.25) is 4.90 Å². The molecule has 8 heteroatoms. The van der Waals surface area contributed by atoms with Crippen LogP contribution in [0.2, 0.25) is 0 Å². The fourth-order valence-corrected chi connectivity index (χ4v) is 3.56. The van der Waals surface area contributed by atoms with Crippen molar-refractivity contribution in [2.75, 3.05) is 13.1 Å². The normalized spacial score (nSPS) is 14.7. The van der Waals surface area contributed by atoms with Crippen molar-refractivity contribution in [3.63, 3.8) is 0 Å². The molecule has 0 amide bonds. The minimum absolute atomic E-state index is 0.0292. The fraction of sp³-hybridized carbons (Fsp3) is 0.429. The van der Waals surface area contributed by atoms with Crippen molar-refractivity contribution in [3.8, 4) is 17.6 Å². The Balaban J connectivity index is 1.64. The maximum Gasteiger partial charge on any atom is 0.442 e. The summed E-state index contributed by atoms with van der Waals surface area (Å²) in [6.45, 7) is 10.3. The summed E-state index contributed by atoms with van der Waals surface area (Å²) < 4.78 is 46.2. The van der Waals surface area contributed by atoms with E-state index in [2.05, 4.69) is 54.7 Å². The zero-order valence-corrected chi connectivity index (χ0v) is 21.1. The van der Waals surface area contributed by atoms with Gasteiger partial charge in [-0.05, 0) is 74.3 Å². The van der Waals surface area contributed by atoms with E-state index in [-0.39, 0.29) is 17.6 Å². The zero-order chi connectivity index (χ0) is 26.4. The van der Waals surface area contributed by atoms with E-state index in [4.69, 9.17) is 4.74 Å². The molecule has 0 radical (unpaired) electrons. The van der Waals surface area contributed by atoms with Gasteiger partial charge < -0.3 is 9.84 Å². The first kappa shape index (κ1) is 27.4. The molecule has 36 heavy (non-hydrogen) atoms. The van der Waals surface area contributed by atoms with Gasteiger partial charge in [0.05, 0.1) is 6.61 Å². The topological polar surface area (TPSA) is 57.4 Å². The van der Waals surface area contributed by atoms with Gasteiger partial charge in [0, 0.05) is 24.1 Å². The Morgan fingerprint density at radius 1 is 1.06 bits per heavy atom. The van der Waals surface area contributed by atoms with Crippen LogP contribution >= 0.6 is 0 Å². The van der Waals surface area contributed by atoms with Crippen molar-refractivity contribution in [2.45, 2.75) is 59.3 Å². The molecule has 0 atom stereocenters. The van der Waals surface area contributed by atoms with Crippen LogP contribution < -0.4 is 4.74 Å². The highest BCUT2D eigenvalue weighted by atomic mass is 19.4. The highest BCUT2D eigenvalue weighted by molar-refractivity contribution is 5.38. The van der Waals surface area contributed by atoms with Gasteiger partial charge in [-0.15, -0.1) is 10.2 Å².